The molecule has 0 amide bonds. The second kappa shape index (κ2) is 8.62. The number of carbonyl (C=O) groups excluding carboxylic acids is 1. The molecule has 3 rings (SSSR count). The highest BCUT2D eigenvalue weighted by atomic mass is 32.1. The van der Waals surface area contributed by atoms with Gasteiger partial charge in [-0.1, -0.05) is 0 Å². The summed E-state index contributed by atoms with van der Waals surface area (Å²) in [6.45, 7) is 3.65. The van der Waals surface area contributed by atoms with E-state index in [1.807, 2.05) is 0 Å². The Morgan fingerprint density at radius 2 is 1.73 bits per heavy atom. The number of nitrogens with one attached hydrogen (secondary N) is 3. The lowest BCUT2D eigenvalue weighted by Crippen LogP contribution is -2.31. The molecular formula is C20H23N3O6S. The molecule has 1 atom stereocenters. The highest BCUT2D eigenvalue weighted by molar-refractivity contribution is 7.71. The number of ether oxygens (including phenoxy) is 4. The second-order valence-electron chi connectivity index (χ2n) is 6.47. The van der Waals surface area contributed by atoms with Crippen molar-refractivity contribution < 1.29 is 23.7 Å². The summed E-state index contributed by atoms with van der Waals surface area (Å²) in [7, 11) is 4.49. The van der Waals surface area contributed by atoms with Gasteiger partial charge in [-0.2, -0.15) is 0 Å². The third-order valence-electron chi connectivity index (χ3n) is 4.79. The van der Waals surface area contributed by atoms with E-state index in [1.165, 1.54) is 21.3 Å². The summed E-state index contributed by atoms with van der Waals surface area (Å²) >= 11 is 5.10. The van der Waals surface area contributed by atoms with Crippen LogP contribution in [0, 0.1) is 4.77 Å². The Morgan fingerprint density at radius 3 is 2.27 bits per heavy atom. The van der Waals surface area contributed by atoms with Crippen molar-refractivity contribution in [1.82, 2.24) is 9.97 Å². The number of hydrogen-bond donors (Lipinski definition) is 3. The molecule has 2 heterocycles. The Hall–Kier alpha value is -3.27. The Labute approximate surface area is 178 Å². The SMILES string of the molecule is CCOC(=O)C1=C(C)Nc2[nH]c(=S)[nH]c(=O)c2C1c1cc(OC)c(OC)c(OC)c1. The molecule has 2 aromatic rings. The molecule has 0 bridgehead atoms. The van der Waals surface area contributed by atoms with Crippen molar-refractivity contribution >= 4 is 24.0 Å². The van der Waals surface area contributed by atoms with Crippen molar-refractivity contribution in [2.45, 2.75) is 19.8 Å². The molecule has 0 aliphatic carbocycles. The third kappa shape index (κ3) is 3.65. The van der Waals surface area contributed by atoms with Crippen LogP contribution >= 0.6 is 12.2 Å². The van der Waals surface area contributed by atoms with Crippen LogP contribution in [0.15, 0.2) is 28.2 Å². The molecule has 3 N–H and O–H groups in total. The minimum Gasteiger partial charge on any atom is -0.493 e. The maximum atomic E-state index is 12.9. The van der Waals surface area contributed by atoms with E-state index in [0.717, 1.165) is 0 Å². The van der Waals surface area contributed by atoms with Crippen LogP contribution < -0.4 is 25.1 Å². The van der Waals surface area contributed by atoms with Crippen LogP contribution in [-0.2, 0) is 9.53 Å². The van der Waals surface area contributed by atoms with E-state index in [9.17, 15) is 9.59 Å². The van der Waals surface area contributed by atoms with E-state index in [-0.39, 0.29) is 11.4 Å². The molecule has 160 valence electrons. The van der Waals surface area contributed by atoms with E-state index in [0.29, 0.717) is 45.5 Å². The summed E-state index contributed by atoms with van der Waals surface area (Å²) < 4.78 is 21.7. The number of aromatic amines is 2. The Bertz CT molecular complexity index is 1110. The van der Waals surface area contributed by atoms with Crippen molar-refractivity contribution in [2.75, 3.05) is 33.3 Å². The molecule has 0 radical (unpaired) electrons. The van der Waals surface area contributed by atoms with Gasteiger partial charge in [0.05, 0.1) is 45.0 Å². The van der Waals surface area contributed by atoms with Gasteiger partial charge in [0.2, 0.25) is 5.75 Å². The van der Waals surface area contributed by atoms with Crippen molar-refractivity contribution in [3.8, 4) is 17.2 Å². The van der Waals surface area contributed by atoms with Gasteiger partial charge in [-0.25, -0.2) is 4.79 Å². The molecule has 1 aliphatic heterocycles. The van der Waals surface area contributed by atoms with Crippen LogP contribution in [0.25, 0.3) is 0 Å². The number of esters is 1. The van der Waals surface area contributed by atoms with Gasteiger partial charge in [-0.15, -0.1) is 0 Å². The molecule has 9 nitrogen and oxygen atoms in total. The Kier molecular flexibility index (Phi) is 6.16. The van der Waals surface area contributed by atoms with Crippen molar-refractivity contribution in [3.63, 3.8) is 0 Å². The number of fused-ring (bicyclic) bond motifs is 1. The molecule has 0 saturated carbocycles. The van der Waals surface area contributed by atoms with Crippen LogP contribution in [-0.4, -0.2) is 43.9 Å². The summed E-state index contributed by atoms with van der Waals surface area (Å²) in [5.74, 6) is 0.310. The number of carbonyl (C=O) groups is 1. The Balaban J connectivity index is 2.35. The fourth-order valence-electron chi connectivity index (χ4n) is 3.57. The first-order valence-electron chi connectivity index (χ1n) is 9.17. The van der Waals surface area contributed by atoms with Crippen molar-refractivity contribution in [3.05, 3.63) is 49.7 Å². The minimum absolute atomic E-state index is 0.169. The van der Waals surface area contributed by atoms with Gasteiger partial charge in [0.1, 0.15) is 5.82 Å². The zero-order chi connectivity index (χ0) is 22.0. The summed E-state index contributed by atoms with van der Waals surface area (Å²) in [5.41, 5.74) is 1.30. The predicted octanol–water partition coefficient (Wildman–Crippen LogP) is 2.85. The molecule has 1 aliphatic rings. The first-order chi connectivity index (χ1) is 14.4. The molecule has 30 heavy (non-hydrogen) atoms. The summed E-state index contributed by atoms with van der Waals surface area (Å²) in [4.78, 5) is 31.3. The number of benzene rings is 1. The van der Waals surface area contributed by atoms with E-state index in [4.69, 9.17) is 31.2 Å². The van der Waals surface area contributed by atoms with E-state index >= 15 is 0 Å². The zero-order valence-corrected chi connectivity index (χ0v) is 18.1. The largest absolute Gasteiger partial charge is 0.493 e. The van der Waals surface area contributed by atoms with Gasteiger partial charge in [-0.05, 0) is 43.8 Å². The third-order valence-corrected chi connectivity index (χ3v) is 4.99. The maximum Gasteiger partial charge on any atom is 0.336 e. The number of allylic oxidation sites excluding steroid dienone is 1. The molecule has 10 heteroatoms. The van der Waals surface area contributed by atoms with Gasteiger partial charge in [0.15, 0.2) is 16.3 Å². The second-order valence-corrected chi connectivity index (χ2v) is 6.88. The summed E-state index contributed by atoms with van der Waals surface area (Å²) in [6, 6.07) is 3.41. The number of H-pyrrole nitrogens is 2. The van der Waals surface area contributed by atoms with Gasteiger partial charge < -0.3 is 29.2 Å². The lowest BCUT2D eigenvalue weighted by molar-refractivity contribution is -0.138. The molecular weight excluding hydrogens is 410 g/mol. The van der Waals surface area contributed by atoms with Crippen LogP contribution in [0.5, 0.6) is 17.2 Å². The standard InChI is InChI=1S/C20H23N3O6S/c1-6-29-19(25)13-9(2)21-17-15(18(24)23-20(30)22-17)14(13)10-7-11(26-3)16(28-5)12(8-10)27-4/h7-8,14H,6H2,1-5H3,(H3,21,22,23,24,30). The van der Waals surface area contributed by atoms with Gasteiger partial charge in [0.25, 0.3) is 5.56 Å². The zero-order valence-electron chi connectivity index (χ0n) is 17.3. The summed E-state index contributed by atoms with van der Waals surface area (Å²) in [6.07, 6.45) is 0. The van der Waals surface area contributed by atoms with Crippen molar-refractivity contribution in [2.24, 2.45) is 0 Å². The van der Waals surface area contributed by atoms with Crippen LogP contribution in [0.1, 0.15) is 30.9 Å². The highest BCUT2D eigenvalue weighted by Crippen LogP contribution is 2.45. The number of rotatable bonds is 6. The van der Waals surface area contributed by atoms with Crippen LogP contribution in [0.3, 0.4) is 0 Å². The van der Waals surface area contributed by atoms with Gasteiger partial charge >= 0.3 is 5.97 Å². The highest BCUT2D eigenvalue weighted by Gasteiger charge is 2.36. The number of anilines is 1. The molecule has 0 spiro atoms. The molecule has 1 aromatic heterocycles. The van der Waals surface area contributed by atoms with Crippen molar-refractivity contribution in [1.29, 1.82) is 0 Å². The number of hydrogen-bond acceptors (Lipinski definition) is 8. The Morgan fingerprint density at radius 1 is 1.10 bits per heavy atom. The van der Waals surface area contributed by atoms with E-state index < -0.39 is 17.4 Å². The molecule has 0 saturated heterocycles. The summed E-state index contributed by atoms with van der Waals surface area (Å²) in [5, 5.41) is 3.06. The lowest BCUT2D eigenvalue weighted by atomic mass is 9.82. The van der Waals surface area contributed by atoms with E-state index in [2.05, 4.69) is 15.3 Å². The number of methoxy groups -OCH3 is 3. The fraction of sp³-hybridized carbons (Fsp3) is 0.350. The van der Waals surface area contributed by atoms with Gasteiger partial charge in [-0.3, -0.25) is 9.78 Å². The van der Waals surface area contributed by atoms with E-state index in [1.54, 1.807) is 26.0 Å². The molecule has 1 aromatic carbocycles. The first kappa shape index (κ1) is 21.4. The molecule has 1 unspecified atom stereocenters. The van der Waals surface area contributed by atoms with Crippen LogP contribution in [0.2, 0.25) is 0 Å². The lowest BCUT2D eigenvalue weighted by Gasteiger charge is -2.29. The smallest absolute Gasteiger partial charge is 0.336 e. The predicted molar refractivity (Wildman–Crippen MR) is 113 cm³/mol. The topological polar surface area (TPSA) is 115 Å². The quantitative estimate of drug-likeness (QED) is 0.471. The average Bonchev–Trinajstić information content (AvgIpc) is 2.71. The monoisotopic (exact) mass is 433 g/mol. The maximum absolute atomic E-state index is 12.9. The number of aromatic nitrogens is 2. The fourth-order valence-corrected chi connectivity index (χ4v) is 3.76. The normalized spacial score (nSPS) is 15.2. The average molecular weight is 433 g/mol. The molecule has 0 fully saturated rings. The minimum atomic E-state index is -0.760. The first-order valence-corrected chi connectivity index (χ1v) is 9.58. The van der Waals surface area contributed by atoms with Gasteiger partial charge in [0, 0.05) is 5.70 Å². The van der Waals surface area contributed by atoms with Crippen LogP contribution in [0.4, 0.5) is 5.82 Å².